The summed E-state index contributed by atoms with van der Waals surface area (Å²) in [6, 6.07) is 5.88. The molecular weight excluding hydrogens is 283 g/mol. The number of morpholine rings is 1. The van der Waals surface area contributed by atoms with Gasteiger partial charge in [0.1, 0.15) is 0 Å². The Bertz CT molecular complexity index is 426. The van der Waals surface area contributed by atoms with Crippen LogP contribution in [0.5, 0.6) is 0 Å². The van der Waals surface area contributed by atoms with Crippen LogP contribution < -0.4 is 5.32 Å². The van der Waals surface area contributed by atoms with Crippen LogP contribution in [0.15, 0.2) is 18.2 Å². The van der Waals surface area contributed by atoms with Crippen molar-refractivity contribution in [1.82, 2.24) is 10.2 Å². The molecule has 1 heterocycles. The number of rotatable bonds is 4. The van der Waals surface area contributed by atoms with Crippen LogP contribution in [0, 0.1) is 0 Å². The van der Waals surface area contributed by atoms with Gasteiger partial charge in [0.25, 0.3) is 0 Å². The highest BCUT2D eigenvalue weighted by Gasteiger charge is 2.33. The number of benzene rings is 1. The average Bonchev–Trinajstić information content (AvgIpc) is 2.39. The first kappa shape index (κ1) is 15.1. The molecule has 0 aliphatic carbocycles. The summed E-state index contributed by atoms with van der Waals surface area (Å²) in [5.74, 6) is 0. The number of halogens is 2. The van der Waals surface area contributed by atoms with E-state index in [9.17, 15) is 0 Å². The molecule has 1 aliphatic heterocycles. The molecule has 19 heavy (non-hydrogen) atoms. The maximum absolute atomic E-state index is 6.36. The van der Waals surface area contributed by atoms with Gasteiger partial charge in [-0.05, 0) is 31.3 Å². The smallest absolute Gasteiger partial charge is 0.0896 e. The Morgan fingerprint density at radius 3 is 2.84 bits per heavy atom. The number of hydrogen-bond donors (Lipinski definition) is 1. The van der Waals surface area contributed by atoms with Crippen LogP contribution in [-0.4, -0.2) is 44.3 Å². The summed E-state index contributed by atoms with van der Waals surface area (Å²) < 4.78 is 5.91. The Hall–Kier alpha value is -0.320. The number of likely N-dealkylation sites (N-methyl/N-ethyl adjacent to an activating group) is 2. The van der Waals surface area contributed by atoms with Gasteiger partial charge in [-0.25, -0.2) is 0 Å². The highest BCUT2D eigenvalue weighted by molar-refractivity contribution is 6.35. The van der Waals surface area contributed by atoms with E-state index in [4.69, 9.17) is 27.9 Å². The lowest BCUT2D eigenvalue weighted by molar-refractivity contribution is -0.0686. The highest BCUT2D eigenvalue weighted by Crippen LogP contribution is 2.34. The Labute approximate surface area is 124 Å². The van der Waals surface area contributed by atoms with Gasteiger partial charge in [-0.3, -0.25) is 4.90 Å². The van der Waals surface area contributed by atoms with E-state index in [0.29, 0.717) is 10.0 Å². The highest BCUT2D eigenvalue weighted by atomic mass is 35.5. The van der Waals surface area contributed by atoms with E-state index >= 15 is 0 Å². The lowest BCUT2D eigenvalue weighted by Crippen LogP contribution is -2.48. The van der Waals surface area contributed by atoms with Gasteiger partial charge in [-0.1, -0.05) is 36.2 Å². The van der Waals surface area contributed by atoms with Gasteiger partial charge >= 0.3 is 0 Å². The molecule has 1 aliphatic rings. The van der Waals surface area contributed by atoms with Gasteiger partial charge in [0, 0.05) is 23.1 Å². The van der Waals surface area contributed by atoms with Crippen LogP contribution in [-0.2, 0) is 4.74 Å². The van der Waals surface area contributed by atoms with Crippen molar-refractivity contribution in [3.8, 4) is 0 Å². The van der Waals surface area contributed by atoms with Crippen LogP contribution in [0.25, 0.3) is 0 Å². The molecular formula is C14H20Cl2N2O. The van der Waals surface area contributed by atoms with Crippen molar-refractivity contribution in [2.45, 2.75) is 19.1 Å². The van der Waals surface area contributed by atoms with Gasteiger partial charge in [0.05, 0.1) is 18.8 Å². The minimum atomic E-state index is 0.109. The molecule has 0 radical (unpaired) electrons. The summed E-state index contributed by atoms with van der Waals surface area (Å²) in [6.45, 7) is 5.65. The Morgan fingerprint density at radius 2 is 2.21 bits per heavy atom. The van der Waals surface area contributed by atoms with Crippen LogP contribution >= 0.6 is 23.2 Å². The van der Waals surface area contributed by atoms with E-state index in [0.717, 1.165) is 31.8 Å². The van der Waals surface area contributed by atoms with Crippen molar-refractivity contribution < 1.29 is 4.74 Å². The monoisotopic (exact) mass is 302 g/mol. The topological polar surface area (TPSA) is 24.5 Å². The molecule has 2 atom stereocenters. The second-order valence-electron chi connectivity index (χ2n) is 4.71. The Balaban J connectivity index is 2.33. The normalized spacial score (nSPS) is 24.6. The van der Waals surface area contributed by atoms with E-state index in [2.05, 4.69) is 17.1 Å². The summed E-state index contributed by atoms with van der Waals surface area (Å²) >= 11 is 12.3. The lowest BCUT2D eigenvalue weighted by atomic mass is 9.97. The molecule has 0 saturated carbocycles. The third-order valence-corrected chi connectivity index (χ3v) is 4.11. The zero-order valence-electron chi connectivity index (χ0n) is 11.3. The van der Waals surface area contributed by atoms with Crippen molar-refractivity contribution in [2.24, 2.45) is 0 Å². The summed E-state index contributed by atoms with van der Waals surface area (Å²) in [4.78, 5) is 2.40. The molecule has 2 unspecified atom stereocenters. The first-order valence-corrected chi connectivity index (χ1v) is 7.38. The van der Waals surface area contributed by atoms with Crippen molar-refractivity contribution in [2.75, 3.05) is 33.3 Å². The largest absolute Gasteiger partial charge is 0.374 e. The quantitative estimate of drug-likeness (QED) is 0.925. The molecule has 1 aromatic rings. The predicted octanol–water partition coefficient (Wildman–Crippen LogP) is 2.97. The maximum Gasteiger partial charge on any atom is 0.0896 e. The number of nitrogens with one attached hydrogen (secondary N) is 1. The van der Waals surface area contributed by atoms with E-state index < -0.39 is 0 Å². The van der Waals surface area contributed by atoms with Gasteiger partial charge < -0.3 is 10.1 Å². The molecule has 1 saturated heterocycles. The molecule has 2 rings (SSSR count). The first-order valence-electron chi connectivity index (χ1n) is 6.62. The molecule has 3 nitrogen and oxygen atoms in total. The van der Waals surface area contributed by atoms with Gasteiger partial charge in [-0.15, -0.1) is 0 Å². The summed E-state index contributed by atoms with van der Waals surface area (Å²) in [5.41, 5.74) is 1.09. The summed E-state index contributed by atoms with van der Waals surface area (Å²) in [6.07, 6.45) is 0.109. The molecule has 0 spiro atoms. The van der Waals surface area contributed by atoms with Crippen molar-refractivity contribution in [3.63, 3.8) is 0 Å². The predicted molar refractivity (Wildman–Crippen MR) is 80.1 cm³/mol. The molecule has 1 aromatic carbocycles. The Morgan fingerprint density at radius 1 is 1.42 bits per heavy atom. The number of ether oxygens (including phenoxy) is 1. The van der Waals surface area contributed by atoms with Gasteiger partial charge in [0.2, 0.25) is 0 Å². The standard InChI is InChI=1S/C14H20Cl2N2O/c1-3-18-6-7-19-13(9-17-2)14(18)11-5-4-10(15)8-12(11)16/h4-5,8,13-14,17H,3,6-7,9H2,1-2H3. The third-order valence-electron chi connectivity index (χ3n) is 3.55. The van der Waals surface area contributed by atoms with E-state index in [-0.39, 0.29) is 12.1 Å². The van der Waals surface area contributed by atoms with Gasteiger partial charge in [-0.2, -0.15) is 0 Å². The van der Waals surface area contributed by atoms with E-state index in [1.165, 1.54) is 0 Å². The van der Waals surface area contributed by atoms with E-state index in [1.807, 2.05) is 19.2 Å². The number of nitrogens with zero attached hydrogens (tertiary/aromatic N) is 1. The van der Waals surface area contributed by atoms with Gasteiger partial charge in [0.15, 0.2) is 0 Å². The zero-order valence-corrected chi connectivity index (χ0v) is 12.8. The average molecular weight is 303 g/mol. The Kier molecular flexibility index (Phi) is 5.48. The zero-order chi connectivity index (χ0) is 13.8. The SMILES string of the molecule is CCN1CCOC(CNC)C1c1ccc(Cl)cc1Cl. The minimum absolute atomic E-state index is 0.109. The van der Waals surface area contributed by atoms with Crippen LogP contribution in [0.1, 0.15) is 18.5 Å². The molecule has 5 heteroatoms. The first-order chi connectivity index (χ1) is 9.17. The second kappa shape index (κ2) is 6.91. The maximum atomic E-state index is 6.36. The fourth-order valence-corrected chi connectivity index (χ4v) is 3.17. The van der Waals surface area contributed by atoms with Crippen molar-refractivity contribution in [1.29, 1.82) is 0 Å². The minimum Gasteiger partial charge on any atom is -0.374 e. The molecule has 0 amide bonds. The number of hydrogen-bond acceptors (Lipinski definition) is 3. The molecule has 0 aromatic heterocycles. The van der Waals surface area contributed by atoms with Crippen LogP contribution in [0.4, 0.5) is 0 Å². The fraction of sp³-hybridized carbons (Fsp3) is 0.571. The third kappa shape index (κ3) is 3.41. The molecule has 106 valence electrons. The van der Waals surface area contributed by atoms with E-state index in [1.54, 1.807) is 6.07 Å². The molecule has 1 N–H and O–H groups in total. The molecule has 1 fully saturated rings. The van der Waals surface area contributed by atoms with Crippen molar-refractivity contribution >= 4 is 23.2 Å². The molecule has 0 bridgehead atoms. The van der Waals surface area contributed by atoms with Crippen LogP contribution in [0.3, 0.4) is 0 Å². The van der Waals surface area contributed by atoms with Crippen molar-refractivity contribution in [3.05, 3.63) is 33.8 Å². The summed E-state index contributed by atoms with van der Waals surface area (Å²) in [5, 5.41) is 4.57. The van der Waals surface area contributed by atoms with Crippen LogP contribution in [0.2, 0.25) is 10.0 Å². The fourth-order valence-electron chi connectivity index (χ4n) is 2.65. The second-order valence-corrected chi connectivity index (χ2v) is 5.55. The summed E-state index contributed by atoms with van der Waals surface area (Å²) in [7, 11) is 1.94. The lowest BCUT2D eigenvalue weighted by Gasteiger charge is -2.41.